The smallest absolute Gasteiger partial charge is 0.229 e. The van der Waals surface area contributed by atoms with E-state index >= 15 is 0 Å². The highest BCUT2D eigenvalue weighted by atomic mass is 32.2. The number of nitrogen functional groups attached to an aromatic ring is 1. The first-order valence-corrected chi connectivity index (χ1v) is 10.8. The van der Waals surface area contributed by atoms with Crippen LogP contribution in [-0.4, -0.2) is 28.9 Å². The Morgan fingerprint density at radius 3 is 1.83 bits per heavy atom. The van der Waals surface area contributed by atoms with Gasteiger partial charge < -0.3 is 15.2 Å². The van der Waals surface area contributed by atoms with Gasteiger partial charge in [-0.25, -0.2) is 8.42 Å². The van der Waals surface area contributed by atoms with E-state index in [2.05, 4.69) is 10.8 Å². The third kappa shape index (κ3) is 6.57. The van der Waals surface area contributed by atoms with E-state index < -0.39 is 10.0 Å². The molecule has 0 amide bonds. The lowest BCUT2D eigenvalue weighted by Crippen LogP contribution is -2.11. The predicted octanol–water partition coefficient (Wildman–Crippen LogP) is 3.09. The number of anilines is 2. The molecule has 8 nitrogen and oxygen atoms in total. The molecular weight excluding hydrogens is 404 g/mol. The van der Waals surface area contributed by atoms with Gasteiger partial charge in [0, 0.05) is 0 Å². The first kappa shape index (κ1) is 24.6. The maximum Gasteiger partial charge on any atom is 0.229 e. The second-order valence-electron chi connectivity index (χ2n) is 6.45. The summed E-state index contributed by atoms with van der Waals surface area (Å²) in [5.41, 5.74) is 10.2. The Kier molecular flexibility index (Phi) is 8.97. The number of nitrogens with one attached hydrogen (secondary N) is 1. The summed E-state index contributed by atoms with van der Waals surface area (Å²) in [4.78, 5) is 0. The van der Waals surface area contributed by atoms with Crippen molar-refractivity contribution in [3.05, 3.63) is 46.5 Å². The molecule has 0 saturated carbocycles. The molecule has 0 bridgehead atoms. The van der Waals surface area contributed by atoms with E-state index in [-0.39, 0.29) is 6.42 Å². The molecule has 0 spiro atoms. The molecule has 0 unspecified atom stereocenters. The van der Waals surface area contributed by atoms with E-state index in [1.807, 2.05) is 19.1 Å². The number of ether oxygens (including phenoxy) is 2. The molecule has 2 aromatic carbocycles. The number of hydrogen-bond donors (Lipinski definition) is 2. The molecule has 2 aromatic rings. The highest BCUT2D eigenvalue weighted by molar-refractivity contribution is 7.92. The Morgan fingerprint density at radius 2 is 1.40 bits per heavy atom. The lowest BCUT2D eigenvalue weighted by molar-refractivity contribution is 0.413. The zero-order valence-electron chi connectivity index (χ0n) is 17.7. The van der Waals surface area contributed by atoms with Crippen LogP contribution in [0.25, 0.3) is 0 Å². The van der Waals surface area contributed by atoms with Crippen molar-refractivity contribution in [2.75, 3.05) is 30.9 Å². The van der Waals surface area contributed by atoms with Gasteiger partial charge in [-0.2, -0.15) is 10.5 Å². The second-order valence-corrected chi connectivity index (χ2v) is 8.20. The third-order valence-electron chi connectivity index (χ3n) is 4.31. The van der Waals surface area contributed by atoms with Crippen molar-refractivity contribution in [2.24, 2.45) is 0 Å². The van der Waals surface area contributed by atoms with Crippen LogP contribution >= 0.6 is 0 Å². The summed E-state index contributed by atoms with van der Waals surface area (Å²) in [7, 11) is -0.304. The largest absolute Gasteiger partial charge is 0.494 e. The Morgan fingerprint density at radius 1 is 0.933 bits per heavy atom. The average molecular weight is 431 g/mol. The molecule has 0 aliphatic rings. The maximum absolute atomic E-state index is 11.2. The van der Waals surface area contributed by atoms with E-state index in [1.54, 1.807) is 32.2 Å². The Labute approximate surface area is 177 Å². The van der Waals surface area contributed by atoms with Crippen molar-refractivity contribution in [1.29, 1.82) is 10.5 Å². The molecule has 0 heterocycles. The van der Waals surface area contributed by atoms with Gasteiger partial charge in [0.25, 0.3) is 0 Å². The van der Waals surface area contributed by atoms with Crippen LogP contribution in [0.1, 0.15) is 22.3 Å². The van der Waals surface area contributed by atoms with Gasteiger partial charge >= 0.3 is 0 Å². The fourth-order valence-electron chi connectivity index (χ4n) is 2.85. The summed E-state index contributed by atoms with van der Waals surface area (Å²) in [5, 5.41) is 17.2. The number of nitrogens with zero attached hydrogens (tertiary/aromatic N) is 2. The first-order chi connectivity index (χ1) is 14.1. The van der Waals surface area contributed by atoms with Crippen LogP contribution in [-0.2, 0) is 22.9 Å². The average Bonchev–Trinajstić information content (AvgIpc) is 2.67. The normalized spacial score (nSPS) is 10.1. The fourth-order valence-corrected chi connectivity index (χ4v) is 3.41. The van der Waals surface area contributed by atoms with Gasteiger partial charge in [0.1, 0.15) is 11.5 Å². The minimum Gasteiger partial charge on any atom is -0.494 e. The minimum absolute atomic E-state index is 0.265. The van der Waals surface area contributed by atoms with Crippen LogP contribution in [0.2, 0.25) is 0 Å². The summed E-state index contributed by atoms with van der Waals surface area (Å²) in [6.45, 7) is 3.70. The van der Waals surface area contributed by atoms with E-state index in [0.29, 0.717) is 29.3 Å². The molecule has 30 heavy (non-hydrogen) atoms. The van der Waals surface area contributed by atoms with Crippen molar-refractivity contribution in [3.63, 3.8) is 0 Å². The van der Waals surface area contributed by atoms with Crippen LogP contribution in [0.15, 0.2) is 24.3 Å². The highest BCUT2D eigenvalue weighted by Crippen LogP contribution is 2.31. The van der Waals surface area contributed by atoms with Gasteiger partial charge in [0.05, 0.1) is 56.8 Å². The number of sulfonamides is 1. The van der Waals surface area contributed by atoms with Gasteiger partial charge in [0.2, 0.25) is 10.0 Å². The van der Waals surface area contributed by atoms with Crippen molar-refractivity contribution < 1.29 is 17.9 Å². The second kappa shape index (κ2) is 10.9. The summed E-state index contributed by atoms with van der Waals surface area (Å²) < 4.78 is 35.0. The van der Waals surface area contributed by atoms with Gasteiger partial charge in [-0.15, -0.1) is 0 Å². The van der Waals surface area contributed by atoms with Crippen LogP contribution in [0.3, 0.4) is 0 Å². The monoisotopic (exact) mass is 430 g/mol. The van der Waals surface area contributed by atoms with Crippen LogP contribution in [0.5, 0.6) is 11.5 Å². The Hall–Kier alpha value is -3.43. The molecule has 3 N–H and O–H groups in total. The van der Waals surface area contributed by atoms with Gasteiger partial charge in [-0.05, 0) is 48.2 Å². The molecule has 0 aliphatic heterocycles. The molecule has 9 heteroatoms. The molecule has 2 rings (SSSR count). The molecular formula is C21H26N4O4S. The van der Waals surface area contributed by atoms with Crippen LogP contribution in [0.4, 0.5) is 11.4 Å². The predicted molar refractivity (Wildman–Crippen MR) is 117 cm³/mol. The number of hydrogen-bond acceptors (Lipinski definition) is 7. The molecule has 0 atom stereocenters. The lowest BCUT2D eigenvalue weighted by atomic mass is 10.0. The summed E-state index contributed by atoms with van der Waals surface area (Å²) >= 11 is 0. The number of nitriles is 2. The molecule has 160 valence electrons. The van der Waals surface area contributed by atoms with Crippen molar-refractivity contribution in [1.82, 2.24) is 0 Å². The summed E-state index contributed by atoms with van der Waals surface area (Å²) in [6.07, 6.45) is 1.73. The summed E-state index contributed by atoms with van der Waals surface area (Å²) in [6, 6.07) is 11.1. The van der Waals surface area contributed by atoms with Gasteiger partial charge in [0.15, 0.2) is 0 Å². The zero-order valence-corrected chi connectivity index (χ0v) is 18.6. The maximum atomic E-state index is 11.2. The molecule has 0 aliphatic carbocycles. The lowest BCUT2D eigenvalue weighted by Gasteiger charge is -2.14. The van der Waals surface area contributed by atoms with E-state index in [9.17, 15) is 8.42 Å². The van der Waals surface area contributed by atoms with E-state index in [1.165, 1.54) is 7.11 Å². The van der Waals surface area contributed by atoms with Gasteiger partial charge in [-0.1, -0.05) is 12.1 Å². The molecule has 0 radical (unpaired) electrons. The Bertz CT molecular complexity index is 1080. The van der Waals surface area contributed by atoms with Crippen molar-refractivity contribution in [2.45, 2.75) is 26.7 Å². The topological polar surface area (TPSA) is 138 Å². The van der Waals surface area contributed by atoms with E-state index in [0.717, 1.165) is 28.5 Å². The molecule has 0 fully saturated rings. The summed E-state index contributed by atoms with van der Waals surface area (Å²) in [5.74, 6) is 1.12. The number of methoxy groups -OCH3 is 2. The molecule has 0 aromatic heterocycles. The minimum atomic E-state index is -3.35. The quantitative estimate of drug-likeness (QED) is 0.671. The van der Waals surface area contributed by atoms with Crippen molar-refractivity contribution >= 4 is 21.4 Å². The standard InChI is InChI=1S/C11H14N2O3S.C10H12N2O/c1-8-9(6-7-12)4-5-10(11(8)16-2)13-17(3,14)15;1-7-8(5-6-11)3-4-9(12)10(7)13-2/h4-5,13H,6H2,1-3H3;3-4H,5,12H2,1-2H3. The van der Waals surface area contributed by atoms with Crippen LogP contribution < -0.4 is 19.9 Å². The zero-order chi connectivity index (χ0) is 22.9. The fraction of sp³-hybridized carbons (Fsp3) is 0.333. The Balaban J connectivity index is 0.000000311. The number of rotatable bonds is 6. The number of nitrogens with two attached hydrogens (primary N) is 1. The van der Waals surface area contributed by atoms with Crippen molar-refractivity contribution in [3.8, 4) is 23.6 Å². The number of benzene rings is 2. The molecule has 0 saturated heterocycles. The van der Waals surface area contributed by atoms with E-state index in [4.69, 9.17) is 25.7 Å². The first-order valence-electron chi connectivity index (χ1n) is 8.89. The van der Waals surface area contributed by atoms with Gasteiger partial charge in [-0.3, -0.25) is 4.72 Å². The third-order valence-corrected chi connectivity index (χ3v) is 4.90. The highest BCUT2D eigenvalue weighted by Gasteiger charge is 2.13. The SMILES string of the molecule is COc1c(N)ccc(CC#N)c1C.COc1c(NS(C)(=O)=O)ccc(CC#N)c1C. The van der Waals surface area contributed by atoms with Crippen LogP contribution in [0, 0.1) is 36.5 Å².